The summed E-state index contributed by atoms with van der Waals surface area (Å²) in [4.78, 5) is 0. The van der Waals surface area contributed by atoms with Gasteiger partial charge in [0.1, 0.15) is 0 Å². The van der Waals surface area contributed by atoms with Crippen molar-refractivity contribution in [2.24, 2.45) is 0 Å². The first kappa shape index (κ1) is 13.1. The van der Waals surface area contributed by atoms with E-state index in [-0.39, 0.29) is 0 Å². The van der Waals surface area contributed by atoms with Crippen molar-refractivity contribution in [1.82, 2.24) is 5.32 Å². The van der Waals surface area contributed by atoms with Gasteiger partial charge < -0.3 is 5.32 Å². The fraction of sp³-hybridized carbons (Fsp3) is 0.667. The molecule has 0 fully saturated rings. The van der Waals surface area contributed by atoms with E-state index in [0.717, 1.165) is 6.54 Å². The summed E-state index contributed by atoms with van der Waals surface area (Å²) in [5.41, 5.74) is 0. The SMILES string of the molecule is CCCNC(C)CCCSc1cccs1. The first-order valence-corrected chi connectivity index (χ1v) is 7.59. The Balaban J connectivity index is 1.97. The summed E-state index contributed by atoms with van der Waals surface area (Å²) >= 11 is 3.83. The Kier molecular flexibility index (Phi) is 7.14. The molecule has 0 saturated carbocycles. The van der Waals surface area contributed by atoms with Crippen LogP contribution in [0, 0.1) is 0 Å². The molecule has 1 rings (SSSR count). The van der Waals surface area contributed by atoms with E-state index in [1.165, 1.54) is 29.2 Å². The number of hydrogen-bond donors (Lipinski definition) is 1. The van der Waals surface area contributed by atoms with Crippen LogP contribution >= 0.6 is 23.1 Å². The molecule has 0 aliphatic rings. The van der Waals surface area contributed by atoms with Crippen LogP contribution in [0.15, 0.2) is 21.7 Å². The van der Waals surface area contributed by atoms with Crippen LogP contribution in [0.25, 0.3) is 0 Å². The minimum absolute atomic E-state index is 0.675. The molecule has 1 N–H and O–H groups in total. The second-order valence-electron chi connectivity index (χ2n) is 3.78. The quantitative estimate of drug-likeness (QED) is 0.547. The number of rotatable bonds is 8. The molecule has 1 atom stereocenters. The van der Waals surface area contributed by atoms with Crippen LogP contribution in [-0.4, -0.2) is 18.3 Å². The Hall–Kier alpha value is 0.01000. The Morgan fingerprint density at radius 2 is 2.40 bits per heavy atom. The van der Waals surface area contributed by atoms with Crippen LogP contribution in [0.4, 0.5) is 0 Å². The number of nitrogens with one attached hydrogen (secondary N) is 1. The van der Waals surface area contributed by atoms with Gasteiger partial charge in [-0.1, -0.05) is 13.0 Å². The van der Waals surface area contributed by atoms with E-state index < -0.39 is 0 Å². The third kappa shape index (κ3) is 6.23. The number of hydrogen-bond acceptors (Lipinski definition) is 3. The van der Waals surface area contributed by atoms with Gasteiger partial charge in [-0.05, 0) is 49.9 Å². The van der Waals surface area contributed by atoms with Gasteiger partial charge >= 0.3 is 0 Å². The maximum atomic E-state index is 3.52. The lowest BCUT2D eigenvalue weighted by Gasteiger charge is -2.12. The Morgan fingerprint density at radius 1 is 1.53 bits per heavy atom. The largest absolute Gasteiger partial charge is 0.314 e. The molecule has 1 aromatic heterocycles. The highest BCUT2D eigenvalue weighted by Crippen LogP contribution is 2.24. The first-order valence-electron chi connectivity index (χ1n) is 5.72. The monoisotopic (exact) mass is 243 g/mol. The number of thiophene rings is 1. The lowest BCUT2D eigenvalue weighted by molar-refractivity contribution is 0.510. The summed E-state index contributed by atoms with van der Waals surface area (Å²) in [7, 11) is 0. The Labute approximate surface area is 102 Å². The van der Waals surface area contributed by atoms with Crippen LogP contribution in [0.1, 0.15) is 33.1 Å². The zero-order valence-electron chi connectivity index (χ0n) is 9.66. The van der Waals surface area contributed by atoms with E-state index in [1.807, 2.05) is 23.1 Å². The standard InChI is InChI=1S/C12H21NS2/c1-3-8-13-11(2)6-4-9-14-12-7-5-10-15-12/h5,7,10-11,13H,3-4,6,8-9H2,1-2H3. The van der Waals surface area contributed by atoms with Gasteiger partial charge in [-0.15, -0.1) is 23.1 Å². The summed E-state index contributed by atoms with van der Waals surface area (Å²) in [6, 6.07) is 5.00. The molecular formula is C12H21NS2. The fourth-order valence-electron chi connectivity index (χ4n) is 1.40. The highest BCUT2D eigenvalue weighted by atomic mass is 32.2. The third-order valence-electron chi connectivity index (χ3n) is 2.26. The highest BCUT2D eigenvalue weighted by Gasteiger charge is 2.00. The van der Waals surface area contributed by atoms with Crippen molar-refractivity contribution >= 4 is 23.1 Å². The van der Waals surface area contributed by atoms with E-state index in [0.29, 0.717) is 6.04 Å². The molecule has 15 heavy (non-hydrogen) atoms. The molecule has 0 radical (unpaired) electrons. The molecule has 0 aliphatic carbocycles. The van der Waals surface area contributed by atoms with E-state index in [4.69, 9.17) is 0 Å². The second-order valence-corrected chi connectivity index (χ2v) is 6.12. The molecule has 0 saturated heterocycles. The van der Waals surface area contributed by atoms with Gasteiger partial charge in [0.15, 0.2) is 0 Å². The van der Waals surface area contributed by atoms with Crippen LogP contribution in [0.2, 0.25) is 0 Å². The molecule has 1 unspecified atom stereocenters. The van der Waals surface area contributed by atoms with Crippen molar-refractivity contribution in [3.8, 4) is 0 Å². The Bertz CT molecular complexity index is 234. The van der Waals surface area contributed by atoms with Crippen molar-refractivity contribution in [2.45, 2.75) is 43.4 Å². The zero-order valence-corrected chi connectivity index (χ0v) is 11.3. The molecule has 0 aliphatic heterocycles. The van der Waals surface area contributed by atoms with Gasteiger partial charge in [-0.2, -0.15) is 0 Å². The smallest absolute Gasteiger partial charge is 0.0598 e. The van der Waals surface area contributed by atoms with Gasteiger partial charge in [-0.25, -0.2) is 0 Å². The van der Waals surface area contributed by atoms with Crippen molar-refractivity contribution in [3.05, 3.63) is 17.5 Å². The zero-order chi connectivity index (χ0) is 10.9. The highest BCUT2D eigenvalue weighted by molar-refractivity contribution is 8.01. The average molecular weight is 243 g/mol. The topological polar surface area (TPSA) is 12.0 Å². The van der Waals surface area contributed by atoms with Crippen LogP contribution in [0.3, 0.4) is 0 Å². The maximum absolute atomic E-state index is 3.52. The Morgan fingerprint density at radius 3 is 3.07 bits per heavy atom. The summed E-state index contributed by atoms with van der Waals surface area (Å²) in [6.45, 7) is 5.65. The first-order chi connectivity index (χ1) is 7.33. The third-order valence-corrected chi connectivity index (χ3v) is 4.48. The summed E-state index contributed by atoms with van der Waals surface area (Å²) < 4.78 is 1.45. The maximum Gasteiger partial charge on any atom is 0.0598 e. The van der Waals surface area contributed by atoms with Gasteiger partial charge in [0.2, 0.25) is 0 Å². The molecule has 0 spiro atoms. The van der Waals surface area contributed by atoms with Gasteiger partial charge in [0, 0.05) is 6.04 Å². The normalized spacial score (nSPS) is 12.9. The summed E-state index contributed by atoms with van der Waals surface area (Å²) in [6.07, 6.45) is 3.83. The lowest BCUT2D eigenvalue weighted by Crippen LogP contribution is -2.26. The van der Waals surface area contributed by atoms with Crippen molar-refractivity contribution < 1.29 is 0 Å². The average Bonchev–Trinajstić information content (AvgIpc) is 2.74. The van der Waals surface area contributed by atoms with Crippen molar-refractivity contribution in [2.75, 3.05) is 12.3 Å². The van der Waals surface area contributed by atoms with E-state index in [2.05, 4.69) is 36.7 Å². The van der Waals surface area contributed by atoms with Crippen LogP contribution < -0.4 is 5.32 Å². The minimum atomic E-state index is 0.675. The minimum Gasteiger partial charge on any atom is -0.314 e. The number of thioether (sulfide) groups is 1. The lowest BCUT2D eigenvalue weighted by atomic mass is 10.2. The molecule has 3 heteroatoms. The summed E-state index contributed by atoms with van der Waals surface area (Å²) in [5, 5.41) is 5.67. The van der Waals surface area contributed by atoms with Crippen molar-refractivity contribution in [3.63, 3.8) is 0 Å². The molecule has 1 heterocycles. The summed E-state index contributed by atoms with van der Waals surface area (Å²) in [5.74, 6) is 1.25. The van der Waals surface area contributed by atoms with Gasteiger partial charge in [-0.3, -0.25) is 0 Å². The second kappa shape index (κ2) is 8.20. The molecule has 0 amide bonds. The molecular weight excluding hydrogens is 222 g/mol. The predicted octanol–water partition coefficient (Wildman–Crippen LogP) is 4.01. The molecule has 0 aromatic carbocycles. The van der Waals surface area contributed by atoms with E-state index in [9.17, 15) is 0 Å². The van der Waals surface area contributed by atoms with E-state index in [1.54, 1.807) is 0 Å². The van der Waals surface area contributed by atoms with Gasteiger partial charge in [0.05, 0.1) is 4.21 Å². The fourth-order valence-corrected chi connectivity index (χ4v) is 3.22. The van der Waals surface area contributed by atoms with Crippen LogP contribution in [0.5, 0.6) is 0 Å². The molecule has 86 valence electrons. The predicted molar refractivity (Wildman–Crippen MR) is 72.0 cm³/mol. The molecule has 1 aromatic rings. The molecule has 0 bridgehead atoms. The van der Waals surface area contributed by atoms with Crippen LogP contribution in [-0.2, 0) is 0 Å². The molecule has 1 nitrogen and oxygen atoms in total. The van der Waals surface area contributed by atoms with E-state index >= 15 is 0 Å². The van der Waals surface area contributed by atoms with Gasteiger partial charge in [0.25, 0.3) is 0 Å². The van der Waals surface area contributed by atoms with Crippen molar-refractivity contribution in [1.29, 1.82) is 0 Å².